The molecular formula is C16H14ClF2N. The first kappa shape index (κ1) is 13.4. The van der Waals surface area contributed by atoms with Gasteiger partial charge >= 0.3 is 0 Å². The van der Waals surface area contributed by atoms with Crippen molar-refractivity contribution in [1.82, 2.24) is 0 Å². The topological polar surface area (TPSA) is 12.0 Å². The average Bonchev–Trinajstić information content (AvgIpc) is 3.22. The summed E-state index contributed by atoms with van der Waals surface area (Å²) in [6.45, 7) is 0.452. The summed E-state index contributed by atoms with van der Waals surface area (Å²) in [5.74, 6) is -0.627. The summed E-state index contributed by atoms with van der Waals surface area (Å²) in [7, 11) is 0. The van der Waals surface area contributed by atoms with E-state index in [-0.39, 0.29) is 10.7 Å². The van der Waals surface area contributed by atoms with E-state index in [1.165, 1.54) is 18.4 Å². The first-order valence-electron chi connectivity index (χ1n) is 6.61. The number of nitrogens with one attached hydrogen (secondary N) is 1. The molecule has 0 spiro atoms. The van der Waals surface area contributed by atoms with Crippen LogP contribution in [0.1, 0.15) is 29.9 Å². The molecule has 20 heavy (non-hydrogen) atoms. The fourth-order valence-corrected chi connectivity index (χ4v) is 2.49. The Morgan fingerprint density at radius 1 is 1.10 bits per heavy atom. The predicted octanol–water partition coefficient (Wildman–Crippen LogP) is 5.11. The number of halogens is 3. The SMILES string of the molecule is Fc1cc(F)c(NCc2ccc(C3CC3)cc2)c(Cl)c1. The van der Waals surface area contributed by atoms with E-state index in [1.807, 2.05) is 12.1 Å². The van der Waals surface area contributed by atoms with Crippen molar-refractivity contribution in [3.8, 4) is 0 Å². The Kier molecular flexibility index (Phi) is 3.62. The van der Waals surface area contributed by atoms with Crippen LogP contribution in [0.2, 0.25) is 5.02 Å². The molecule has 0 heterocycles. The van der Waals surface area contributed by atoms with Crippen LogP contribution < -0.4 is 5.32 Å². The molecule has 0 aliphatic heterocycles. The van der Waals surface area contributed by atoms with E-state index in [9.17, 15) is 8.78 Å². The Hall–Kier alpha value is -1.61. The minimum Gasteiger partial charge on any atom is -0.377 e. The summed E-state index contributed by atoms with van der Waals surface area (Å²) in [4.78, 5) is 0. The summed E-state index contributed by atoms with van der Waals surface area (Å²) in [5, 5.41) is 2.97. The van der Waals surface area contributed by atoms with Crippen molar-refractivity contribution in [2.75, 3.05) is 5.32 Å². The first-order valence-corrected chi connectivity index (χ1v) is 6.98. The van der Waals surface area contributed by atoms with Gasteiger partial charge in [0.15, 0.2) is 5.82 Å². The molecule has 104 valence electrons. The van der Waals surface area contributed by atoms with Gasteiger partial charge in [-0.1, -0.05) is 35.9 Å². The lowest BCUT2D eigenvalue weighted by atomic mass is 10.1. The Morgan fingerprint density at radius 2 is 1.80 bits per heavy atom. The third-order valence-corrected chi connectivity index (χ3v) is 3.80. The summed E-state index contributed by atoms with van der Waals surface area (Å²) in [6, 6.07) is 10.2. The van der Waals surface area contributed by atoms with E-state index in [0.29, 0.717) is 6.54 Å². The third-order valence-electron chi connectivity index (χ3n) is 3.50. The van der Waals surface area contributed by atoms with Crippen molar-refractivity contribution in [2.45, 2.75) is 25.3 Å². The summed E-state index contributed by atoms with van der Waals surface area (Å²) in [6.07, 6.45) is 2.54. The van der Waals surface area contributed by atoms with Gasteiger partial charge in [0.25, 0.3) is 0 Å². The molecule has 1 nitrogen and oxygen atoms in total. The van der Waals surface area contributed by atoms with Gasteiger partial charge in [-0.25, -0.2) is 8.78 Å². The van der Waals surface area contributed by atoms with Crippen LogP contribution in [0.5, 0.6) is 0 Å². The van der Waals surface area contributed by atoms with Crippen molar-refractivity contribution in [2.24, 2.45) is 0 Å². The molecule has 1 fully saturated rings. The Morgan fingerprint density at radius 3 is 2.40 bits per heavy atom. The Labute approximate surface area is 121 Å². The zero-order valence-corrected chi connectivity index (χ0v) is 11.6. The maximum atomic E-state index is 13.6. The summed E-state index contributed by atoms with van der Waals surface area (Å²) < 4.78 is 26.6. The normalized spacial score (nSPS) is 14.3. The highest BCUT2D eigenvalue weighted by atomic mass is 35.5. The number of benzene rings is 2. The monoisotopic (exact) mass is 293 g/mol. The van der Waals surface area contributed by atoms with Gasteiger partial charge in [0, 0.05) is 12.6 Å². The zero-order chi connectivity index (χ0) is 14.1. The summed E-state index contributed by atoms with van der Waals surface area (Å²) >= 11 is 5.83. The van der Waals surface area contributed by atoms with Crippen molar-refractivity contribution >= 4 is 17.3 Å². The van der Waals surface area contributed by atoms with E-state index < -0.39 is 11.6 Å². The van der Waals surface area contributed by atoms with Crippen LogP contribution in [-0.2, 0) is 6.54 Å². The number of hydrogen-bond donors (Lipinski definition) is 1. The van der Waals surface area contributed by atoms with E-state index in [2.05, 4.69) is 17.4 Å². The van der Waals surface area contributed by atoms with Crippen LogP contribution >= 0.6 is 11.6 Å². The Bertz CT molecular complexity index is 598. The molecule has 0 aromatic heterocycles. The standard InChI is InChI=1S/C16H14ClF2N/c17-14-7-13(18)8-15(19)16(14)20-9-10-1-3-11(4-2-10)12-5-6-12/h1-4,7-8,12,20H,5-6,9H2. The number of anilines is 1. The van der Waals surface area contributed by atoms with Gasteiger partial charge in [0.05, 0.1) is 10.7 Å². The van der Waals surface area contributed by atoms with E-state index in [0.717, 1.165) is 23.6 Å². The minimum absolute atomic E-state index is 0.0529. The molecule has 0 amide bonds. The van der Waals surface area contributed by atoms with Crippen LogP contribution in [0.3, 0.4) is 0 Å². The second kappa shape index (κ2) is 5.41. The van der Waals surface area contributed by atoms with E-state index >= 15 is 0 Å². The molecule has 1 aliphatic rings. The third kappa shape index (κ3) is 2.93. The van der Waals surface area contributed by atoms with Crippen LogP contribution in [0.25, 0.3) is 0 Å². The van der Waals surface area contributed by atoms with Crippen LogP contribution in [-0.4, -0.2) is 0 Å². The van der Waals surface area contributed by atoms with Crippen molar-refractivity contribution in [3.05, 3.63) is 64.2 Å². The van der Waals surface area contributed by atoms with Gasteiger partial charge in [-0.3, -0.25) is 0 Å². The molecule has 0 radical (unpaired) electrons. The molecule has 4 heteroatoms. The zero-order valence-electron chi connectivity index (χ0n) is 10.8. The van der Waals surface area contributed by atoms with Gasteiger partial charge in [-0.05, 0) is 36.0 Å². The van der Waals surface area contributed by atoms with Crippen LogP contribution in [0.4, 0.5) is 14.5 Å². The molecule has 0 atom stereocenters. The molecule has 1 saturated carbocycles. The molecule has 0 bridgehead atoms. The summed E-state index contributed by atoms with van der Waals surface area (Å²) in [5.41, 5.74) is 2.54. The fraction of sp³-hybridized carbons (Fsp3) is 0.250. The van der Waals surface area contributed by atoms with Gasteiger partial charge in [-0.2, -0.15) is 0 Å². The molecule has 1 aliphatic carbocycles. The van der Waals surface area contributed by atoms with Gasteiger partial charge in [-0.15, -0.1) is 0 Å². The van der Waals surface area contributed by atoms with Crippen LogP contribution in [0.15, 0.2) is 36.4 Å². The van der Waals surface area contributed by atoms with Gasteiger partial charge < -0.3 is 5.32 Å². The Balaban J connectivity index is 1.69. The lowest BCUT2D eigenvalue weighted by Gasteiger charge is -2.10. The lowest BCUT2D eigenvalue weighted by Crippen LogP contribution is -2.02. The molecule has 0 saturated heterocycles. The number of rotatable bonds is 4. The molecule has 2 aromatic carbocycles. The largest absolute Gasteiger partial charge is 0.377 e. The maximum Gasteiger partial charge on any atom is 0.150 e. The predicted molar refractivity (Wildman–Crippen MR) is 77.1 cm³/mol. The molecule has 3 rings (SSSR count). The van der Waals surface area contributed by atoms with Gasteiger partial charge in [0.2, 0.25) is 0 Å². The molecular weight excluding hydrogens is 280 g/mol. The average molecular weight is 294 g/mol. The highest BCUT2D eigenvalue weighted by Crippen LogP contribution is 2.39. The highest BCUT2D eigenvalue weighted by Gasteiger charge is 2.22. The lowest BCUT2D eigenvalue weighted by molar-refractivity contribution is 0.585. The minimum atomic E-state index is -0.676. The first-order chi connectivity index (χ1) is 9.63. The molecule has 2 aromatic rings. The van der Waals surface area contributed by atoms with Gasteiger partial charge in [0.1, 0.15) is 5.82 Å². The van der Waals surface area contributed by atoms with E-state index in [4.69, 9.17) is 11.6 Å². The molecule has 0 unspecified atom stereocenters. The fourth-order valence-electron chi connectivity index (χ4n) is 2.23. The van der Waals surface area contributed by atoms with Crippen molar-refractivity contribution in [3.63, 3.8) is 0 Å². The quantitative estimate of drug-likeness (QED) is 0.826. The molecule has 1 N–H and O–H groups in total. The van der Waals surface area contributed by atoms with E-state index in [1.54, 1.807) is 0 Å². The smallest absolute Gasteiger partial charge is 0.150 e. The number of hydrogen-bond acceptors (Lipinski definition) is 1. The van der Waals surface area contributed by atoms with Crippen molar-refractivity contribution in [1.29, 1.82) is 0 Å². The highest BCUT2D eigenvalue weighted by molar-refractivity contribution is 6.33. The second-order valence-corrected chi connectivity index (χ2v) is 5.52. The van der Waals surface area contributed by atoms with Crippen molar-refractivity contribution < 1.29 is 8.78 Å². The van der Waals surface area contributed by atoms with Crippen LogP contribution in [0, 0.1) is 11.6 Å². The second-order valence-electron chi connectivity index (χ2n) is 5.11. The maximum absolute atomic E-state index is 13.6.